The number of aliphatic carboxylic acids is 1. The molecule has 0 radical (unpaired) electrons. The molecule has 0 aliphatic carbocycles. The average Bonchev–Trinajstić information content (AvgIpc) is 2.46. The Morgan fingerprint density at radius 1 is 1.45 bits per heavy atom. The molecule has 1 aromatic rings. The zero-order valence-electron chi connectivity index (χ0n) is 11.0. The Morgan fingerprint density at radius 2 is 2.15 bits per heavy atom. The number of carbonyl (C=O) groups excluding carboxylic acids is 1. The molecule has 1 aliphatic heterocycles. The molecule has 1 amide bonds. The Bertz CT molecular complexity index is 512. The van der Waals surface area contributed by atoms with E-state index in [0.29, 0.717) is 31.7 Å². The smallest absolute Gasteiger partial charge is 0.311 e. The fraction of sp³-hybridized carbons (Fsp3) is 0.462. The van der Waals surface area contributed by atoms with Crippen LogP contribution in [0, 0.1) is 5.41 Å². The van der Waals surface area contributed by atoms with Gasteiger partial charge in [-0.15, -0.1) is 0 Å². The van der Waals surface area contributed by atoms with Gasteiger partial charge in [-0.2, -0.15) is 0 Å². The summed E-state index contributed by atoms with van der Waals surface area (Å²) in [5, 5.41) is 12.5. The molecule has 2 rings (SSSR count). The summed E-state index contributed by atoms with van der Waals surface area (Å²) in [5.41, 5.74) is 5.09. The van der Waals surface area contributed by atoms with Gasteiger partial charge in [0.2, 0.25) is 0 Å². The monoisotopic (exact) mass is 279 g/mol. The van der Waals surface area contributed by atoms with Crippen molar-refractivity contribution in [3.63, 3.8) is 0 Å². The van der Waals surface area contributed by atoms with Crippen LogP contribution in [0.3, 0.4) is 0 Å². The second-order valence-electron chi connectivity index (χ2n) is 4.85. The first-order chi connectivity index (χ1) is 9.53. The van der Waals surface area contributed by atoms with Crippen LogP contribution in [0.1, 0.15) is 23.3 Å². The minimum Gasteiger partial charge on any atom is -0.481 e. The molecule has 108 valence electrons. The molecule has 2 heterocycles. The van der Waals surface area contributed by atoms with Crippen LogP contribution in [-0.2, 0) is 9.53 Å². The predicted octanol–water partition coefficient (Wildman–Crippen LogP) is 0.474. The highest BCUT2D eigenvalue weighted by Crippen LogP contribution is 2.31. The molecule has 7 heteroatoms. The maximum atomic E-state index is 11.5. The molecular formula is C13H17N3O4. The van der Waals surface area contributed by atoms with E-state index in [4.69, 9.17) is 10.5 Å². The average molecular weight is 279 g/mol. The number of hydrogen-bond donors (Lipinski definition) is 3. The zero-order chi connectivity index (χ0) is 14.6. The molecule has 4 N–H and O–H groups in total. The van der Waals surface area contributed by atoms with Gasteiger partial charge in [0.1, 0.15) is 5.69 Å². The van der Waals surface area contributed by atoms with E-state index in [0.717, 1.165) is 0 Å². The number of ether oxygens (including phenoxy) is 1. The highest BCUT2D eigenvalue weighted by atomic mass is 16.5. The second kappa shape index (κ2) is 5.87. The molecule has 0 saturated carbocycles. The number of carbonyl (C=O) groups is 2. The van der Waals surface area contributed by atoms with Crippen molar-refractivity contribution < 1.29 is 19.4 Å². The van der Waals surface area contributed by atoms with Crippen molar-refractivity contribution in [1.29, 1.82) is 0 Å². The van der Waals surface area contributed by atoms with Crippen LogP contribution in [0.15, 0.2) is 18.3 Å². The molecule has 1 saturated heterocycles. The van der Waals surface area contributed by atoms with Crippen LogP contribution in [0.4, 0.5) is 5.69 Å². The minimum atomic E-state index is -0.839. The van der Waals surface area contributed by atoms with Crippen LogP contribution >= 0.6 is 0 Å². The second-order valence-corrected chi connectivity index (χ2v) is 4.85. The number of nitrogens with two attached hydrogens (primary N) is 1. The summed E-state index contributed by atoms with van der Waals surface area (Å²) in [7, 11) is 0. The van der Waals surface area contributed by atoms with Crippen molar-refractivity contribution in [3.05, 3.63) is 24.0 Å². The molecule has 1 fully saturated rings. The predicted molar refractivity (Wildman–Crippen MR) is 71.4 cm³/mol. The SMILES string of the molecule is NC(=O)c1cc(NCC2(C(=O)O)CCOCC2)ccn1. The van der Waals surface area contributed by atoms with Gasteiger partial charge in [-0.05, 0) is 25.0 Å². The normalized spacial score (nSPS) is 17.4. The van der Waals surface area contributed by atoms with E-state index in [1.807, 2.05) is 0 Å². The number of primary amides is 1. The lowest BCUT2D eigenvalue weighted by molar-refractivity contribution is -0.153. The van der Waals surface area contributed by atoms with Gasteiger partial charge < -0.3 is 20.9 Å². The molecule has 1 aliphatic rings. The van der Waals surface area contributed by atoms with E-state index < -0.39 is 17.3 Å². The van der Waals surface area contributed by atoms with E-state index >= 15 is 0 Å². The first-order valence-electron chi connectivity index (χ1n) is 6.34. The van der Waals surface area contributed by atoms with Crippen molar-refractivity contribution in [1.82, 2.24) is 4.98 Å². The number of anilines is 1. The first-order valence-corrected chi connectivity index (χ1v) is 6.34. The fourth-order valence-corrected chi connectivity index (χ4v) is 2.17. The Balaban J connectivity index is 2.08. The quantitative estimate of drug-likeness (QED) is 0.722. The lowest BCUT2D eigenvalue weighted by Gasteiger charge is -2.33. The molecule has 0 spiro atoms. The fourth-order valence-electron chi connectivity index (χ4n) is 2.17. The van der Waals surface area contributed by atoms with Crippen LogP contribution in [0.2, 0.25) is 0 Å². The van der Waals surface area contributed by atoms with Gasteiger partial charge in [0.15, 0.2) is 0 Å². The summed E-state index contributed by atoms with van der Waals surface area (Å²) in [5.74, 6) is -1.45. The highest BCUT2D eigenvalue weighted by molar-refractivity contribution is 5.91. The molecule has 20 heavy (non-hydrogen) atoms. The molecule has 7 nitrogen and oxygen atoms in total. The highest BCUT2D eigenvalue weighted by Gasteiger charge is 2.40. The minimum absolute atomic E-state index is 0.145. The summed E-state index contributed by atoms with van der Waals surface area (Å²) >= 11 is 0. The molecule has 0 unspecified atom stereocenters. The van der Waals surface area contributed by atoms with E-state index in [1.165, 1.54) is 12.3 Å². The number of carboxylic acid groups (broad SMARTS) is 1. The van der Waals surface area contributed by atoms with Gasteiger partial charge in [-0.25, -0.2) is 0 Å². The zero-order valence-corrected chi connectivity index (χ0v) is 11.0. The lowest BCUT2D eigenvalue weighted by Crippen LogP contribution is -2.42. The van der Waals surface area contributed by atoms with Gasteiger partial charge in [0.05, 0.1) is 5.41 Å². The van der Waals surface area contributed by atoms with E-state index in [2.05, 4.69) is 10.3 Å². The third kappa shape index (κ3) is 3.05. The maximum absolute atomic E-state index is 11.5. The number of aromatic nitrogens is 1. The van der Waals surface area contributed by atoms with Gasteiger partial charge in [0, 0.05) is 31.6 Å². The van der Waals surface area contributed by atoms with E-state index in [-0.39, 0.29) is 12.2 Å². The van der Waals surface area contributed by atoms with Gasteiger partial charge >= 0.3 is 5.97 Å². The Labute approximate surface area is 116 Å². The largest absolute Gasteiger partial charge is 0.481 e. The summed E-state index contributed by atoms with van der Waals surface area (Å²) in [6, 6.07) is 3.18. The molecule has 1 aromatic heterocycles. The standard InChI is InChI=1S/C13H17N3O4/c14-11(17)10-7-9(1-4-15-10)16-8-13(12(18)19)2-5-20-6-3-13/h1,4,7H,2-3,5-6,8H2,(H2,14,17)(H,15,16)(H,18,19). The summed E-state index contributed by atoms with van der Waals surface area (Å²) in [4.78, 5) is 26.4. The van der Waals surface area contributed by atoms with Crippen molar-refractivity contribution in [2.75, 3.05) is 25.1 Å². The number of amides is 1. The number of carboxylic acids is 1. The van der Waals surface area contributed by atoms with Crippen molar-refractivity contribution in [3.8, 4) is 0 Å². The molecule has 0 aromatic carbocycles. The number of nitrogens with zero attached hydrogens (tertiary/aromatic N) is 1. The van der Waals surface area contributed by atoms with Crippen LogP contribution in [0.25, 0.3) is 0 Å². The summed E-state index contributed by atoms with van der Waals surface area (Å²) in [6.07, 6.45) is 2.38. The van der Waals surface area contributed by atoms with Crippen LogP contribution < -0.4 is 11.1 Å². The third-order valence-electron chi connectivity index (χ3n) is 3.55. The molecule has 0 atom stereocenters. The van der Waals surface area contributed by atoms with Crippen LogP contribution in [0.5, 0.6) is 0 Å². The van der Waals surface area contributed by atoms with Crippen LogP contribution in [-0.4, -0.2) is 41.7 Å². The third-order valence-corrected chi connectivity index (χ3v) is 3.55. The van der Waals surface area contributed by atoms with E-state index in [1.54, 1.807) is 6.07 Å². The lowest BCUT2D eigenvalue weighted by atomic mass is 9.80. The summed E-state index contributed by atoms with van der Waals surface area (Å²) < 4.78 is 5.22. The van der Waals surface area contributed by atoms with Gasteiger partial charge in [-0.3, -0.25) is 14.6 Å². The first kappa shape index (κ1) is 14.3. The van der Waals surface area contributed by atoms with Crippen molar-refractivity contribution in [2.45, 2.75) is 12.8 Å². The Hall–Kier alpha value is -2.15. The molecular weight excluding hydrogens is 262 g/mol. The number of nitrogens with one attached hydrogen (secondary N) is 1. The maximum Gasteiger partial charge on any atom is 0.311 e. The molecule has 0 bridgehead atoms. The number of pyridine rings is 1. The topological polar surface area (TPSA) is 115 Å². The summed E-state index contributed by atoms with van der Waals surface area (Å²) in [6.45, 7) is 1.15. The van der Waals surface area contributed by atoms with Gasteiger partial charge in [0.25, 0.3) is 5.91 Å². The Morgan fingerprint density at radius 3 is 2.75 bits per heavy atom. The van der Waals surface area contributed by atoms with E-state index in [9.17, 15) is 14.7 Å². The van der Waals surface area contributed by atoms with Crippen molar-refractivity contribution in [2.24, 2.45) is 11.1 Å². The number of hydrogen-bond acceptors (Lipinski definition) is 5. The number of rotatable bonds is 5. The van der Waals surface area contributed by atoms with Crippen molar-refractivity contribution >= 4 is 17.6 Å². The van der Waals surface area contributed by atoms with Gasteiger partial charge in [-0.1, -0.05) is 0 Å². The Kier molecular flexibility index (Phi) is 4.19.